The van der Waals surface area contributed by atoms with Gasteiger partial charge >= 0.3 is 0 Å². The molecule has 0 aromatic carbocycles. The van der Waals surface area contributed by atoms with Crippen LogP contribution in [0.3, 0.4) is 0 Å². The molecule has 1 aromatic heterocycles. The maximum absolute atomic E-state index is 11.7. The molecule has 7 heteroatoms. The molecular formula is C10H14N2O4S. The molecule has 0 saturated heterocycles. The van der Waals surface area contributed by atoms with E-state index in [1.54, 1.807) is 0 Å². The van der Waals surface area contributed by atoms with Crippen molar-refractivity contribution in [1.29, 1.82) is 0 Å². The molecule has 2 N–H and O–H groups in total. The van der Waals surface area contributed by atoms with Crippen molar-refractivity contribution in [3.05, 3.63) is 41.5 Å². The van der Waals surface area contributed by atoms with Crippen LogP contribution in [0, 0.1) is 0 Å². The van der Waals surface area contributed by atoms with Gasteiger partial charge < -0.3 is 9.72 Å². The first-order valence-corrected chi connectivity index (χ1v) is 6.45. The van der Waals surface area contributed by atoms with Crippen LogP contribution in [-0.4, -0.2) is 26.6 Å². The van der Waals surface area contributed by atoms with E-state index in [0.717, 1.165) is 12.3 Å². The number of aromatic amines is 1. The molecule has 0 radical (unpaired) electrons. The Morgan fingerprint density at radius 2 is 2.29 bits per heavy atom. The maximum Gasteiger partial charge on any atom is 0.245 e. The molecule has 0 aliphatic rings. The molecule has 6 nitrogen and oxygen atoms in total. The van der Waals surface area contributed by atoms with E-state index in [2.05, 4.69) is 16.3 Å². The second-order valence-electron chi connectivity index (χ2n) is 3.16. The molecule has 0 amide bonds. The van der Waals surface area contributed by atoms with Crippen LogP contribution in [0.4, 0.5) is 0 Å². The lowest BCUT2D eigenvalue weighted by Gasteiger charge is -2.05. The van der Waals surface area contributed by atoms with Gasteiger partial charge in [0.05, 0.1) is 12.9 Å². The van der Waals surface area contributed by atoms with Crippen molar-refractivity contribution in [2.24, 2.45) is 0 Å². The molecule has 0 unspecified atom stereocenters. The highest BCUT2D eigenvalue weighted by molar-refractivity contribution is 7.89. The highest BCUT2D eigenvalue weighted by atomic mass is 32.2. The monoisotopic (exact) mass is 258 g/mol. The van der Waals surface area contributed by atoms with Gasteiger partial charge in [0, 0.05) is 25.0 Å². The van der Waals surface area contributed by atoms with E-state index in [9.17, 15) is 13.2 Å². The minimum Gasteiger partial charge on any atom is -0.502 e. The van der Waals surface area contributed by atoms with Gasteiger partial charge in [0.15, 0.2) is 0 Å². The first-order valence-electron chi connectivity index (χ1n) is 4.97. The summed E-state index contributed by atoms with van der Waals surface area (Å²) in [5.41, 5.74) is -0.543. The summed E-state index contributed by atoms with van der Waals surface area (Å²) < 4.78 is 30.5. The van der Waals surface area contributed by atoms with Crippen molar-refractivity contribution in [3.63, 3.8) is 0 Å². The van der Waals surface area contributed by atoms with Gasteiger partial charge in [0.2, 0.25) is 15.5 Å². The summed E-state index contributed by atoms with van der Waals surface area (Å²) in [5.74, 6) is 0. The predicted molar refractivity (Wildman–Crippen MR) is 63.0 cm³/mol. The Morgan fingerprint density at radius 1 is 1.53 bits per heavy atom. The molecule has 0 fully saturated rings. The maximum atomic E-state index is 11.7. The summed E-state index contributed by atoms with van der Waals surface area (Å²) in [6.07, 6.45) is 4.32. The summed E-state index contributed by atoms with van der Waals surface area (Å²) in [4.78, 5) is 13.6. The normalized spacial score (nSPS) is 11.1. The number of hydrogen-bond donors (Lipinski definition) is 2. The Hall–Kier alpha value is -1.60. The van der Waals surface area contributed by atoms with Gasteiger partial charge in [0.1, 0.15) is 4.90 Å². The number of nitrogens with one attached hydrogen (secondary N) is 2. The Bertz CT molecular complexity index is 521. The summed E-state index contributed by atoms with van der Waals surface area (Å²) in [5, 5.41) is 0. The van der Waals surface area contributed by atoms with Crippen molar-refractivity contribution in [3.8, 4) is 0 Å². The smallest absolute Gasteiger partial charge is 0.245 e. The molecule has 0 spiro atoms. The van der Waals surface area contributed by atoms with E-state index >= 15 is 0 Å². The van der Waals surface area contributed by atoms with Gasteiger partial charge in [-0.15, -0.1) is 0 Å². The van der Waals surface area contributed by atoms with E-state index in [1.807, 2.05) is 0 Å². The topological polar surface area (TPSA) is 88.3 Å². The van der Waals surface area contributed by atoms with Crippen molar-refractivity contribution < 1.29 is 13.2 Å². The third-order valence-electron chi connectivity index (χ3n) is 1.93. The van der Waals surface area contributed by atoms with Crippen LogP contribution in [0.15, 0.2) is 41.0 Å². The molecule has 1 aromatic rings. The van der Waals surface area contributed by atoms with Crippen molar-refractivity contribution >= 4 is 10.0 Å². The van der Waals surface area contributed by atoms with Crippen molar-refractivity contribution in [2.45, 2.75) is 11.3 Å². The highest BCUT2D eigenvalue weighted by Gasteiger charge is 2.16. The van der Waals surface area contributed by atoms with Gasteiger partial charge in [0.25, 0.3) is 0 Å². The van der Waals surface area contributed by atoms with Crippen LogP contribution in [0.2, 0.25) is 0 Å². The Morgan fingerprint density at radius 3 is 2.94 bits per heavy atom. The molecule has 0 atom stereocenters. The van der Waals surface area contributed by atoms with Crippen LogP contribution in [0.1, 0.15) is 6.42 Å². The van der Waals surface area contributed by atoms with E-state index in [1.165, 1.54) is 12.5 Å². The molecule has 1 heterocycles. The first-order chi connectivity index (χ1) is 8.08. The zero-order chi connectivity index (χ0) is 12.7. The molecule has 0 aliphatic carbocycles. The number of ether oxygens (including phenoxy) is 1. The van der Waals surface area contributed by atoms with Crippen LogP contribution < -0.4 is 10.2 Å². The van der Waals surface area contributed by atoms with Gasteiger partial charge in [-0.05, 0) is 6.42 Å². The fourth-order valence-corrected chi connectivity index (χ4v) is 2.26. The van der Waals surface area contributed by atoms with E-state index in [4.69, 9.17) is 4.74 Å². The average molecular weight is 258 g/mol. The van der Waals surface area contributed by atoms with Crippen molar-refractivity contribution in [1.82, 2.24) is 9.71 Å². The number of rotatable bonds is 7. The number of H-pyrrole nitrogens is 1. The summed E-state index contributed by atoms with van der Waals surface area (Å²) in [6.45, 7) is 3.93. The Balaban J connectivity index is 2.61. The minimum absolute atomic E-state index is 0.199. The molecule has 0 bridgehead atoms. The largest absolute Gasteiger partial charge is 0.502 e. The number of pyridine rings is 1. The van der Waals surface area contributed by atoms with E-state index in [-0.39, 0.29) is 11.4 Å². The highest BCUT2D eigenvalue weighted by Crippen LogP contribution is 1.99. The second kappa shape index (κ2) is 6.21. The fourth-order valence-electron chi connectivity index (χ4n) is 1.13. The third kappa shape index (κ3) is 4.04. The van der Waals surface area contributed by atoms with Crippen LogP contribution in [-0.2, 0) is 14.8 Å². The van der Waals surface area contributed by atoms with E-state index in [0.29, 0.717) is 13.0 Å². The predicted octanol–water partition coefficient (Wildman–Crippen LogP) is 0.203. The van der Waals surface area contributed by atoms with Gasteiger partial charge in [-0.25, -0.2) is 13.1 Å². The zero-order valence-corrected chi connectivity index (χ0v) is 10.00. The van der Waals surface area contributed by atoms with Crippen LogP contribution in [0.5, 0.6) is 0 Å². The lowest BCUT2D eigenvalue weighted by Crippen LogP contribution is -2.29. The molecule has 94 valence electrons. The van der Waals surface area contributed by atoms with Gasteiger partial charge in [-0.3, -0.25) is 4.79 Å². The Labute approximate surface area is 99.4 Å². The van der Waals surface area contributed by atoms with Gasteiger partial charge in [-0.2, -0.15) is 0 Å². The molecular weight excluding hydrogens is 244 g/mol. The standard InChI is InChI=1S/C10H14N2O4S/c1-2-16-7-3-5-12-17(14,15)10-8-11-6-4-9(10)13/h2,4,6,8,12H,1,3,5,7H2,(H,11,13). The van der Waals surface area contributed by atoms with Crippen LogP contribution in [0.25, 0.3) is 0 Å². The Kier molecular flexibility index (Phi) is 4.92. The average Bonchev–Trinajstić information content (AvgIpc) is 2.29. The van der Waals surface area contributed by atoms with Crippen molar-refractivity contribution in [2.75, 3.05) is 13.2 Å². The lowest BCUT2D eigenvalue weighted by molar-refractivity contribution is 0.247. The van der Waals surface area contributed by atoms with E-state index < -0.39 is 15.5 Å². The second-order valence-corrected chi connectivity index (χ2v) is 4.90. The SMILES string of the molecule is C=COCCCNS(=O)(=O)c1c[nH]ccc1=O. The van der Waals surface area contributed by atoms with Crippen LogP contribution >= 0.6 is 0 Å². The molecule has 1 rings (SSSR count). The first kappa shape index (κ1) is 13.5. The summed E-state index contributed by atoms with van der Waals surface area (Å²) in [7, 11) is -3.75. The summed E-state index contributed by atoms with van der Waals surface area (Å²) in [6, 6.07) is 1.16. The zero-order valence-electron chi connectivity index (χ0n) is 9.18. The quantitative estimate of drug-likeness (QED) is 0.540. The number of hydrogen-bond acceptors (Lipinski definition) is 4. The molecule has 17 heavy (non-hydrogen) atoms. The number of aromatic nitrogens is 1. The fraction of sp³-hybridized carbons (Fsp3) is 0.300. The van der Waals surface area contributed by atoms with Gasteiger partial charge in [-0.1, -0.05) is 6.58 Å². The summed E-state index contributed by atoms with van der Waals surface area (Å²) >= 11 is 0. The molecule has 0 saturated carbocycles. The molecule has 0 aliphatic heterocycles. The number of sulfonamides is 1. The lowest BCUT2D eigenvalue weighted by atomic mass is 10.5. The minimum atomic E-state index is -3.75. The third-order valence-corrected chi connectivity index (χ3v) is 3.41.